The molecule has 2 N–H and O–H groups in total. The molecule has 3 aromatic rings. The number of nitrogens with zero attached hydrogens (tertiary/aromatic N) is 2. The average Bonchev–Trinajstić information content (AvgIpc) is 2.77. The molecule has 170 valence electrons. The Hall–Kier alpha value is -1.80. The van der Waals surface area contributed by atoms with Crippen molar-refractivity contribution < 1.29 is 4.79 Å². The van der Waals surface area contributed by atoms with Crippen molar-refractivity contribution in [3.8, 4) is 0 Å². The Morgan fingerprint density at radius 1 is 0.812 bits per heavy atom. The normalized spacial score (nSPS) is 10.6. The number of anilines is 1. The molecule has 3 aromatic carbocycles. The molecule has 0 unspecified atom stereocenters. The molecule has 0 aliphatic heterocycles. The summed E-state index contributed by atoms with van der Waals surface area (Å²) in [5.74, 6) is 0. The van der Waals surface area contributed by atoms with Crippen molar-refractivity contribution in [3.63, 3.8) is 0 Å². The van der Waals surface area contributed by atoms with Gasteiger partial charge in [-0.2, -0.15) is 0 Å². The van der Waals surface area contributed by atoms with E-state index < -0.39 is 6.03 Å². The minimum absolute atomic E-state index is 0. The summed E-state index contributed by atoms with van der Waals surface area (Å²) in [6.45, 7) is 2.98. The number of urea groups is 1. The predicted octanol–water partition coefficient (Wildman–Crippen LogP) is 6.63. The lowest BCUT2D eigenvalue weighted by molar-refractivity contribution is 0.250. The van der Waals surface area contributed by atoms with Gasteiger partial charge in [0.1, 0.15) is 0 Å². The fraction of sp³-hybridized carbons (Fsp3) is 0.240. The minimum atomic E-state index is -0.440. The Morgan fingerprint density at radius 2 is 1.47 bits per heavy atom. The van der Waals surface area contributed by atoms with E-state index in [1.54, 1.807) is 4.90 Å². The molecule has 0 radical (unpaired) electrons. The second-order valence-electron chi connectivity index (χ2n) is 7.42. The Balaban J connectivity index is 0.00000363. The van der Waals surface area contributed by atoms with Crippen LogP contribution in [0.15, 0.2) is 78.9 Å². The van der Waals surface area contributed by atoms with Crippen LogP contribution in [0.5, 0.6) is 0 Å². The molecule has 0 aliphatic carbocycles. The summed E-state index contributed by atoms with van der Waals surface area (Å²) in [6, 6.07) is 24.9. The Kier molecular flexibility index (Phi) is 11.3. The molecule has 7 heteroatoms. The number of halogens is 3. The van der Waals surface area contributed by atoms with Crippen LogP contribution in [-0.4, -0.2) is 30.6 Å². The highest BCUT2D eigenvalue weighted by molar-refractivity contribution is 14.0. The van der Waals surface area contributed by atoms with E-state index in [0.29, 0.717) is 6.54 Å². The number of carbonyl (C=O) groups excluding carboxylic acids is 1. The summed E-state index contributed by atoms with van der Waals surface area (Å²) in [4.78, 5) is 15.9. The first-order valence-corrected chi connectivity index (χ1v) is 11.1. The number of carbonyl (C=O) groups is 1. The predicted molar refractivity (Wildman–Crippen MR) is 145 cm³/mol. The van der Waals surface area contributed by atoms with Gasteiger partial charge in [-0.3, -0.25) is 9.80 Å². The molecular formula is C25H28Cl2IN3O. The van der Waals surface area contributed by atoms with E-state index in [1.165, 1.54) is 5.56 Å². The van der Waals surface area contributed by atoms with Crippen LogP contribution in [0, 0.1) is 0 Å². The summed E-state index contributed by atoms with van der Waals surface area (Å²) in [5, 5.41) is 1.51. The maximum atomic E-state index is 12.0. The Bertz CT molecular complexity index is 970. The molecule has 0 aliphatic rings. The monoisotopic (exact) mass is 583 g/mol. The molecule has 0 heterocycles. The second kappa shape index (κ2) is 13.7. The topological polar surface area (TPSA) is 49.6 Å². The number of primary amides is 1. The van der Waals surface area contributed by atoms with Crippen molar-refractivity contribution >= 4 is 58.9 Å². The van der Waals surface area contributed by atoms with Crippen LogP contribution in [0.25, 0.3) is 0 Å². The summed E-state index contributed by atoms with van der Waals surface area (Å²) < 4.78 is 0. The van der Waals surface area contributed by atoms with Crippen LogP contribution in [0.4, 0.5) is 10.5 Å². The van der Waals surface area contributed by atoms with Gasteiger partial charge in [-0.05, 0) is 54.3 Å². The molecule has 0 saturated heterocycles. The zero-order chi connectivity index (χ0) is 22.1. The van der Waals surface area contributed by atoms with Crippen molar-refractivity contribution in [1.82, 2.24) is 4.90 Å². The molecule has 0 saturated carbocycles. The SMILES string of the molecule is I.NC(=O)N(CCCN(CCc1ccc(Cl)cc1)Cc1ccccc1Cl)c1ccccc1. The number of hydrogen-bond donors (Lipinski definition) is 1. The highest BCUT2D eigenvalue weighted by Crippen LogP contribution is 2.19. The molecule has 0 atom stereocenters. The maximum absolute atomic E-state index is 12.0. The lowest BCUT2D eigenvalue weighted by Crippen LogP contribution is -2.38. The zero-order valence-corrected chi connectivity index (χ0v) is 21.6. The van der Waals surface area contributed by atoms with Crippen molar-refractivity contribution in [2.75, 3.05) is 24.5 Å². The van der Waals surface area contributed by atoms with Crippen molar-refractivity contribution in [2.45, 2.75) is 19.4 Å². The van der Waals surface area contributed by atoms with Crippen LogP contribution in [0.3, 0.4) is 0 Å². The van der Waals surface area contributed by atoms with E-state index in [2.05, 4.69) is 23.1 Å². The second-order valence-corrected chi connectivity index (χ2v) is 8.27. The van der Waals surface area contributed by atoms with E-state index in [0.717, 1.165) is 53.8 Å². The number of para-hydroxylation sites is 1. The third-order valence-corrected chi connectivity index (χ3v) is 5.79. The maximum Gasteiger partial charge on any atom is 0.319 e. The average molecular weight is 584 g/mol. The van der Waals surface area contributed by atoms with E-state index in [9.17, 15) is 4.79 Å². The lowest BCUT2D eigenvalue weighted by atomic mass is 10.1. The zero-order valence-electron chi connectivity index (χ0n) is 17.8. The quantitative estimate of drug-likeness (QED) is 0.272. The van der Waals surface area contributed by atoms with E-state index >= 15 is 0 Å². The Labute approximate surface area is 217 Å². The summed E-state index contributed by atoms with van der Waals surface area (Å²) in [7, 11) is 0. The van der Waals surface area contributed by atoms with Gasteiger partial charge in [0, 0.05) is 41.9 Å². The van der Waals surface area contributed by atoms with Crippen LogP contribution in [0.2, 0.25) is 10.0 Å². The van der Waals surface area contributed by atoms with E-state index in [-0.39, 0.29) is 24.0 Å². The number of hydrogen-bond acceptors (Lipinski definition) is 2. The van der Waals surface area contributed by atoms with Gasteiger partial charge in [0.05, 0.1) is 0 Å². The molecule has 32 heavy (non-hydrogen) atoms. The highest BCUT2D eigenvalue weighted by Gasteiger charge is 2.14. The van der Waals surface area contributed by atoms with Gasteiger partial charge in [-0.15, -0.1) is 24.0 Å². The molecular weight excluding hydrogens is 556 g/mol. The summed E-state index contributed by atoms with van der Waals surface area (Å²) >= 11 is 12.4. The van der Waals surface area contributed by atoms with Gasteiger partial charge in [-0.25, -0.2) is 4.79 Å². The van der Waals surface area contributed by atoms with Crippen molar-refractivity contribution in [2.24, 2.45) is 5.73 Å². The van der Waals surface area contributed by atoms with Crippen LogP contribution >= 0.6 is 47.2 Å². The van der Waals surface area contributed by atoms with Crippen LogP contribution < -0.4 is 10.6 Å². The first kappa shape index (κ1) is 26.5. The number of amides is 2. The van der Waals surface area contributed by atoms with Crippen molar-refractivity contribution in [1.29, 1.82) is 0 Å². The van der Waals surface area contributed by atoms with Gasteiger partial charge in [0.15, 0.2) is 0 Å². The lowest BCUT2D eigenvalue weighted by Gasteiger charge is -2.25. The third-order valence-electron chi connectivity index (χ3n) is 5.17. The van der Waals surface area contributed by atoms with Gasteiger partial charge < -0.3 is 5.73 Å². The number of rotatable bonds is 10. The summed E-state index contributed by atoms with van der Waals surface area (Å²) in [5.41, 5.74) is 8.76. The van der Waals surface area contributed by atoms with Gasteiger partial charge >= 0.3 is 6.03 Å². The first-order valence-electron chi connectivity index (χ1n) is 10.3. The van der Waals surface area contributed by atoms with Crippen LogP contribution in [0.1, 0.15) is 17.5 Å². The molecule has 3 rings (SSSR count). The molecule has 0 aromatic heterocycles. The van der Waals surface area contributed by atoms with Gasteiger partial charge in [0.25, 0.3) is 0 Å². The molecule has 2 amide bonds. The van der Waals surface area contributed by atoms with Crippen LogP contribution in [-0.2, 0) is 13.0 Å². The minimum Gasteiger partial charge on any atom is -0.351 e. The first-order chi connectivity index (χ1) is 15.0. The number of nitrogens with two attached hydrogens (primary N) is 1. The fourth-order valence-electron chi connectivity index (χ4n) is 3.50. The molecule has 0 spiro atoms. The molecule has 0 fully saturated rings. The third kappa shape index (κ3) is 8.28. The molecule has 4 nitrogen and oxygen atoms in total. The summed E-state index contributed by atoms with van der Waals surface area (Å²) in [6.07, 6.45) is 1.70. The standard InChI is InChI=1S/C25H27Cl2N3O.HI/c26-22-13-11-20(12-14-22)15-18-29(19-21-7-4-5-10-24(21)27)16-6-17-30(25(28)31)23-8-2-1-3-9-23;/h1-5,7-14H,6,15-19H2,(H2,28,31);1H. The fourth-order valence-corrected chi connectivity index (χ4v) is 3.82. The smallest absolute Gasteiger partial charge is 0.319 e. The van der Waals surface area contributed by atoms with E-state index in [1.807, 2.05) is 60.7 Å². The largest absolute Gasteiger partial charge is 0.351 e. The molecule has 0 bridgehead atoms. The van der Waals surface area contributed by atoms with E-state index in [4.69, 9.17) is 28.9 Å². The number of benzene rings is 3. The van der Waals surface area contributed by atoms with Gasteiger partial charge in [0.2, 0.25) is 0 Å². The highest BCUT2D eigenvalue weighted by atomic mass is 127. The Morgan fingerprint density at radius 3 is 2.12 bits per heavy atom. The van der Waals surface area contributed by atoms with Crippen molar-refractivity contribution in [3.05, 3.63) is 100 Å². The van der Waals surface area contributed by atoms with Gasteiger partial charge in [-0.1, -0.05) is 71.7 Å².